The van der Waals surface area contributed by atoms with Gasteiger partial charge in [-0.2, -0.15) is 0 Å². The summed E-state index contributed by atoms with van der Waals surface area (Å²) in [6.45, 7) is 1.81. The number of carbonyl (C=O) groups is 2. The maximum absolute atomic E-state index is 12.8. The first-order valence-corrected chi connectivity index (χ1v) is 11.2. The molecule has 6 nitrogen and oxygen atoms in total. The van der Waals surface area contributed by atoms with E-state index >= 15 is 0 Å². The predicted octanol–water partition coefficient (Wildman–Crippen LogP) is 4.29. The number of aromatic nitrogens is 2. The van der Waals surface area contributed by atoms with E-state index in [4.69, 9.17) is 17.3 Å². The van der Waals surface area contributed by atoms with Gasteiger partial charge in [0.05, 0.1) is 10.8 Å². The fourth-order valence-corrected chi connectivity index (χ4v) is 5.66. The first-order valence-electron chi connectivity index (χ1n) is 9.15. The molecule has 1 aliphatic carbocycles. The first-order chi connectivity index (χ1) is 13.9. The van der Waals surface area contributed by atoms with Crippen LogP contribution in [0, 0.1) is 0 Å². The molecule has 0 spiro atoms. The molecule has 2 aromatic heterocycles. The maximum atomic E-state index is 12.8. The van der Waals surface area contributed by atoms with E-state index in [1.165, 1.54) is 23.1 Å². The van der Waals surface area contributed by atoms with Gasteiger partial charge in [0.25, 0.3) is 5.91 Å². The normalized spacial score (nSPS) is 13.9. The molecule has 0 fully saturated rings. The summed E-state index contributed by atoms with van der Waals surface area (Å²) in [6, 6.07) is 7.40. The van der Waals surface area contributed by atoms with Gasteiger partial charge in [0.2, 0.25) is 5.91 Å². The van der Waals surface area contributed by atoms with Crippen LogP contribution >= 0.6 is 34.7 Å². The molecule has 3 N–H and O–H groups in total. The number of hydrogen-bond donors (Lipinski definition) is 2. The van der Waals surface area contributed by atoms with Crippen molar-refractivity contribution in [3.8, 4) is 5.69 Å². The molecule has 0 aliphatic heterocycles. The Labute approximate surface area is 181 Å². The summed E-state index contributed by atoms with van der Waals surface area (Å²) in [6.07, 6.45) is 6.32. The Bertz CT molecular complexity index is 1070. The molecule has 9 heteroatoms. The number of fused-ring (bicyclic) bond motifs is 1. The van der Waals surface area contributed by atoms with Crippen LogP contribution in [0.3, 0.4) is 0 Å². The zero-order chi connectivity index (χ0) is 20.5. The number of thioether (sulfide) groups is 1. The van der Waals surface area contributed by atoms with Gasteiger partial charge < -0.3 is 11.1 Å². The van der Waals surface area contributed by atoms with Gasteiger partial charge in [-0.3, -0.25) is 14.2 Å². The molecule has 150 valence electrons. The summed E-state index contributed by atoms with van der Waals surface area (Å²) >= 11 is 8.76. The molecule has 2 heterocycles. The molecule has 29 heavy (non-hydrogen) atoms. The molecule has 4 rings (SSSR count). The quantitative estimate of drug-likeness (QED) is 0.552. The van der Waals surface area contributed by atoms with Crippen molar-refractivity contribution in [3.05, 3.63) is 57.7 Å². The lowest BCUT2D eigenvalue weighted by molar-refractivity contribution is -0.115. The molecule has 1 aliphatic rings. The molecular weight excluding hydrogens is 428 g/mol. The van der Waals surface area contributed by atoms with E-state index in [-0.39, 0.29) is 5.91 Å². The largest absolute Gasteiger partial charge is 0.365 e. The van der Waals surface area contributed by atoms with Crippen molar-refractivity contribution in [1.82, 2.24) is 9.55 Å². The zero-order valence-electron chi connectivity index (χ0n) is 15.6. The highest BCUT2D eigenvalue weighted by Crippen LogP contribution is 2.39. The van der Waals surface area contributed by atoms with E-state index in [2.05, 4.69) is 10.3 Å². The van der Waals surface area contributed by atoms with Gasteiger partial charge in [-0.15, -0.1) is 11.3 Å². The molecule has 1 atom stereocenters. The number of primary amides is 1. The third-order valence-electron chi connectivity index (χ3n) is 4.77. The molecule has 0 radical (unpaired) electrons. The van der Waals surface area contributed by atoms with Gasteiger partial charge in [-0.1, -0.05) is 23.4 Å². The number of aryl methyl sites for hydroxylation is 1. The van der Waals surface area contributed by atoms with Gasteiger partial charge in [-0.05, 0) is 56.0 Å². The van der Waals surface area contributed by atoms with E-state index in [1.807, 2.05) is 42.0 Å². The average Bonchev–Trinajstić information content (AvgIpc) is 3.38. The number of anilines is 1. The Morgan fingerprint density at radius 1 is 1.31 bits per heavy atom. The summed E-state index contributed by atoms with van der Waals surface area (Å²) < 4.78 is 1.90. The fourth-order valence-electron chi connectivity index (χ4n) is 3.35. The minimum Gasteiger partial charge on any atom is -0.365 e. The monoisotopic (exact) mass is 446 g/mol. The predicted molar refractivity (Wildman–Crippen MR) is 117 cm³/mol. The van der Waals surface area contributed by atoms with Gasteiger partial charge in [0.15, 0.2) is 5.16 Å². The highest BCUT2D eigenvalue weighted by Gasteiger charge is 2.27. The van der Waals surface area contributed by atoms with Crippen molar-refractivity contribution in [1.29, 1.82) is 0 Å². The fraction of sp³-hybridized carbons (Fsp3) is 0.250. The van der Waals surface area contributed by atoms with Gasteiger partial charge in [0, 0.05) is 28.0 Å². The van der Waals surface area contributed by atoms with E-state index < -0.39 is 11.2 Å². The van der Waals surface area contributed by atoms with Crippen molar-refractivity contribution in [2.75, 3.05) is 5.32 Å². The number of halogens is 1. The highest BCUT2D eigenvalue weighted by atomic mass is 35.5. The van der Waals surface area contributed by atoms with Crippen LogP contribution in [-0.4, -0.2) is 26.6 Å². The van der Waals surface area contributed by atoms with Crippen LogP contribution in [0.4, 0.5) is 5.00 Å². The van der Waals surface area contributed by atoms with E-state index in [0.29, 0.717) is 20.7 Å². The number of nitrogens with two attached hydrogens (primary N) is 1. The topological polar surface area (TPSA) is 90.0 Å². The van der Waals surface area contributed by atoms with E-state index in [9.17, 15) is 9.59 Å². The van der Waals surface area contributed by atoms with Crippen LogP contribution in [0.25, 0.3) is 5.69 Å². The van der Waals surface area contributed by atoms with Gasteiger partial charge >= 0.3 is 0 Å². The smallest absolute Gasteiger partial charge is 0.251 e. The summed E-state index contributed by atoms with van der Waals surface area (Å²) in [5, 5.41) is 4.39. The molecule has 1 unspecified atom stereocenters. The minimum atomic E-state index is -0.488. The third kappa shape index (κ3) is 4.05. The SMILES string of the molecule is CC(Sc1nccn1-c1ccc(Cl)cc1)C(=O)Nc1sc2c(c1C(N)=O)CCC2. The standard InChI is InChI=1S/C20H19ClN4O2S2/c1-11(28-20-23-9-10-25(20)13-7-5-12(21)6-8-13)18(27)24-19-16(17(22)26)14-3-2-4-15(14)29-19/h5-11H,2-4H2,1H3,(H2,22,26)(H,24,27). The van der Waals surface area contributed by atoms with Crippen LogP contribution in [0.1, 0.15) is 34.1 Å². The second-order valence-electron chi connectivity index (χ2n) is 6.73. The molecule has 0 bridgehead atoms. The Morgan fingerprint density at radius 2 is 2.07 bits per heavy atom. The van der Waals surface area contributed by atoms with Crippen LogP contribution < -0.4 is 11.1 Å². The summed E-state index contributed by atoms with van der Waals surface area (Å²) in [5.41, 5.74) is 7.95. The van der Waals surface area contributed by atoms with Gasteiger partial charge in [-0.25, -0.2) is 4.98 Å². The minimum absolute atomic E-state index is 0.192. The van der Waals surface area contributed by atoms with Crippen LogP contribution in [0.2, 0.25) is 5.02 Å². The number of imidazole rings is 1. The number of carbonyl (C=O) groups excluding carboxylic acids is 2. The molecular formula is C20H19ClN4O2S2. The molecule has 0 saturated heterocycles. The summed E-state index contributed by atoms with van der Waals surface area (Å²) in [4.78, 5) is 30.2. The second kappa shape index (κ2) is 8.22. The molecule has 0 saturated carbocycles. The van der Waals surface area contributed by atoms with Gasteiger partial charge in [0.1, 0.15) is 5.00 Å². The molecule has 1 aromatic carbocycles. The lowest BCUT2D eigenvalue weighted by atomic mass is 10.1. The lowest BCUT2D eigenvalue weighted by Crippen LogP contribution is -2.24. The van der Waals surface area contributed by atoms with Crippen molar-refractivity contribution >= 4 is 51.5 Å². The second-order valence-corrected chi connectivity index (χ2v) is 9.58. The Hall–Kier alpha value is -2.29. The third-order valence-corrected chi connectivity index (χ3v) is 7.31. The lowest BCUT2D eigenvalue weighted by Gasteiger charge is -2.13. The number of amides is 2. The number of thiophene rings is 1. The van der Waals surface area contributed by atoms with E-state index in [0.717, 1.165) is 35.4 Å². The highest BCUT2D eigenvalue weighted by molar-refractivity contribution is 8.00. The summed E-state index contributed by atoms with van der Waals surface area (Å²) in [5.74, 6) is -0.679. The average molecular weight is 447 g/mol. The van der Waals surface area contributed by atoms with Crippen LogP contribution in [0.15, 0.2) is 41.8 Å². The Balaban J connectivity index is 1.50. The summed E-state index contributed by atoms with van der Waals surface area (Å²) in [7, 11) is 0. The molecule has 3 aromatic rings. The van der Waals surface area contributed by atoms with E-state index in [1.54, 1.807) is 6.20 Å². The Kier molecular flexibility index (Phi) is 5.67. The van der Waals surface area contributed by atoms with Crippen molar-refractivity contribution < 1.29 is 9.59 Å². The van der Waals surface area contributed by atoms with Crippen molar-refractivity contribution in [2.24, 2.45) is 5.73 Å². The zero-order valence-corrected chi connectivity index (χ0v) is 18.0. The van der Waals surface area contributed by atoms with Crippen molar-refractivity contribution in [2.45, 2.75) is 36.6 Å². The Morgan fingerprint density at radius 3 is 2.79 bits per heavy atom. The maximum Gasteiger partial charge on any atom is 0.251 e. The van der Waals surface area contributed by atoms with Crippen LogP contribution in [0.5, 0.6) is 0 Å². The first kappa shape index (κ1) is 20.0. The number of nitrogens with zero attached hydrogens (tertiary/aromatic N) is 2. The number of hydrogen-bond acceptors (Lipinski definition) is 5. The number of nitrogens with one attached hydrogen (secondary N) is 1. The van der Waals surface area contributed by atoms with Crippen LogP contribution in [-0.2, 0) is 17.6 Å². The number of rotatable bonds is 6. The number of benzene rings is 1. The molecule has 2 amide bonds. The van der Waals surface area contributed by atoms with Crippen molar-refractivity contribution in [3.63, 3.8) is 0 Å².